The van der Waals surface area contributed by atoms with Crippen molar-refractivity contribution in [2.75, 3.05) is 9.80 Å². The van der Waals surface area contributed by atoms with Crippen molar-refractivity contribution in [2.24, 2.45) is 0 Å². The molecule has 0 spiro atoms. The number of para-hydroxylation sites is 4. The molecule has 0 bridgehead atoms. The van der Waals surface area contributed by atoms with Gasteiger partial charge in [0.05, 0.1) is 33.6 Å². The molecule has 0 amide bonds. The van der Waals surface area contributed by atoms with Crippen molar-refractivity contribution < 1.29 is 4.42 Å². The summed E-state index contributed by atoms with van der Waals surface area (Å²) in [5.74, 6) is 0. The van der Waals surface area contributed by atoms with Gasteiger partial charge in [0.15, 0.2) is 0 Å². The van der Waals surface area contributed by atoms with Gasteiger partial charge in [-0.15, -0.1) is 11.3 Å². The van der Waals surface area contributed by atoms with Crippen molar-refractivity contribution in [1.82, 2.24) is 0 Å². The van der Waals surface area contributed by atoms with Crippen molar-refractivity contribution in [3.8, 4) is 77.9 Å². The first-order valence-electron chi connectivity index (χ1n) is 39.3. The average Bonchev–Trinajstić information content (AvgIpc) is 1.53. The van der Waals surface area contributed by atoms with E-state index in [9.17, 15) is 0 Å². The summed E-state index contributed by atoms with van der Waals surface area (Å²) >= 11 is 1.85. The van der Waals surface area contributed by atoms with Crippen LogP contribution in [0.15, 0.2) is 441 Å². The Morgan fingerprint density at radius 2 is 0.561 bits per heavy atom. The third kappa shape index (κ3) is 10.6. The fourth-order valence-electron chi connectivity index (χ4n) is 19.1. The maximum Gasteiger partial charge on any atom is 0.135 e. The van der Waals surface area contributed by atoms with Crippen LogP contribution in [0, 0.1) is 0 Å². The molecule has 2 aliphatic carbocycles. The minimum absolute atomic E-state index is 0.632. The van der Waals surface area contributed by atoms with Crippen molar-refractivity contribution in [2.45, 2.75) is 10.8 Å². The SMILES string of the molecule is c1ccc(-c2ccccc2N(c2ccc3c(c2)C(c2ccccc2)(c2ccccc2)c2ccccc2-3)c2ccc(-c3cccc(-c4ccccc4N(c4ccc5c(c4)C(c4ccccc4)(c4ccccc4)c4ccccc4-5)c4ccccc4-c4ccc5oc6ccccc6c5c4)c3)cc2-c2ccc3sc4ccccc4c3c2)cc1. The largest absolute Gasteiger partial charge is 0.456 e. The normalized spacial score (nSPS) is 12.9. The molecule has 2 aliphatic rings. The lowest BCUT2D eigenvalue weighted by atomic mass is 9.67. The van der Waals surface area contributed by atoms with Gasteiger partial charge >= 0.3 is 0 Å². The molecule has 3 nitrogen and oxygen atoms in total. The van der Waals surface area contributed by atoms with Gasteiger partial charge in [0.25, 0.3) is 0 Å². The molecule has 0 saturated heterocycles. The molecule has 0 unspecified atom stereocenters. The highest BCUT2D eigenvalue weighted by Gasteiger charge is 2.48. The van der Waals surface area contributed by atoms with Gasteiger partial charge in [-0.3, -0.25) is 0 Å². The second kappa shape index (κ2) is 27.3. The first kappa shape index (κ1) is 66.6. The van der Waals surface area contributed by atoms with E-state index in [-0.39, 0.29) is 0 Å². The van der Waals surface area contributed by atoms with E-state index in [0.29, 0.717) is 0 Å². The van der Waals surface area contributed by atoms with E-state index in [2.05, 4.69) is 441 Å². The Bertz CT molecular complexity index is 7040. The van der Waals surface area contributed by atoms with Crippen LogP contribution in [0.3, 0.4) is 0 Å². The van der Waals surface area contributed by atoms with Gasteiger partial charge < -0.3 is 14.2 Å². The van der Waals surface area contributed by atoms with Gasteiger partial charge in [-0.05, 0) is 197 Å². The molecule has 20 aromatic rings. The topological polar surface area (TPSA) is 19.6 Å². The minimum atomic E-state index is -0.638. The number of fused-ring (bicyclic) bond motifs is 12. The van der Waals surface area contributed by atoms with Crippen LogP contribution in [0.2, 0.25) is 0 Å². The summed E-state index contributed by atoms with van der Waals surface area (Å²) in [6.45, 7) is 0. The number of hydrogen-bond acceptors (Lipinski definition) is 4. The van der Waals surface area contributed by atoms with E-state index in [4.69, 9.17) is 4.42 Å². The Morgan fingerprint density at radius 3 is 1.12 bits per heavy atom. The molecule has 0 atom stereocenters. The molecule has 0 saturated carbocycles. The summed E-state index contributed by atoms with van der Waals surface area (Å²) in [6, 6.07) is 163. The third-order valence-corrected chi connectivity index (χ3v) is 25.2. The average molecular weight is 1470 g/mol. The maximum atomic E-state index is 6.50. The van der Waals surface area contributed by atoms with E-state index in [1.54, 1.807) is 0 Å². The molecular weight excluding hydrogens is 1400 g/mol. The summed E-state index contributed by atoms with van der Waals surface area (Å²) in [4.78, 5) is 5.08. The first-order valence-corrected chi connectivity index (χ1v) is 40.1. The lowest BCUT2D eigenvalue weighted by molar-refractivity contribution is 0.669. The van der Waals surface area contributed by atoms with Gasteiger partial charge in [-0.25, -0.2) is 0 Å². The second-order valence-electron chi connectivity index (χ2n) is 30.0. The molecule has 4 heteroatoms. The van der Waals surface area contributed by atoms with Crippen LogP contribution in [0.5, 0.6) is 0 Å². The van der Waals surface area contributed by atoms with Gasteiger partial charge in [0.2, 0.25) is 0 Å². The number of rotatable bonds is 15. The zero-order chi connectivity index (χ0) is 75.3. The molecule has 2 heterocycles. The van der Waals surface area contributed by atoms with E-state index in [1.165, 1.54) is 86.9 Å². The van der Waals surface area contributed by atoms with Crippen LogP contribution in [-0.4, -0.2) is 0 Å². The van der Waals surface area contributed by atoms with E-state index < -0.39 is 10.8 Å². The highest BCUT2D eigenvalue weighted by atomic mass is 32.1. The Hall–Kier alpha value is -14.4. The molecule has 0 radical (unpaired) electrons. The molecule has 0 N–H and O–H groups in total. The fraction of sp³-hybridized carbons (Fsp3) is 0.0182. The molecule has 0 aliphatic heterocycles. The smallest absolute Gasteiger partial charge is 0.135 e. The Balaban J connectivity index is 0.756. The van der Waals surface area contributed by atoms with Crippen LogP contribution in [-0.2, 0) is 10.8 Å². The maximum absolute atomic E-state index is 6.50. The molecule has 18 aromatic carbocycles. The second-order valence-corrected chi connectivity index (χ2v) is 31.1. The van der Waals surface area contributed by atoms with Crippen molar-refractivity contribution >= 4 is 87.6 Å². The highest BCUT2D eigenvalue weighted by molar-refractivity contribution is 7.25. The van der Waals surface area contributed by atoms with Gasteiger partial charge in [0.1, 0.15) is 11.2 Å². The Morgan fingerprint density at radius 1 is 0.193 bits per heavy atom. The Kier molecular flexibility index (Phi) is 15.9. The lowest BCUT2D eigenvalue weighted by Gasteiger charge is -2.35. The molecule has 22 rings (SSSR count). The molecule has 114 heavy (non-hydrogen) atoms. The lowest BCUT2D eigenvalue weighted by Crippen LogP contribution is -2.28. The van der Waals surface area contributed by atoms with Crippen molar-refractivity contribution in [3.63, 3.8) is 0 Å². The number of benzene rings is 18. The third-order valence-electron chi connectivity index (χ3n) is 24.0. The summed E-state index contributed by atoms with van der Waals surface area (Å²) in [7, 11) is 0. The summed E-state index contributed by atoms with van der Waals surface area (Å²) in [6.07, 6.45) is 0. The number of hydrogen-bond donors (Lipinski definition) is 0. The predicted octanol–water partition coefficient (Wildman–Crippen LogP) is 30.0. The predicted molar refractivity (Wildman–Crippen MR) is 478 cm³/mol. The van der Waals surface area contributed by atoms with E-state index in [0.717, 1.165) is 112 Å². The van der Waals surface area contributed by atoms with Crippen LogP contribution >= 0.6 is 11.3 Å². The van der Waals surface area contributed by atoms with Gasteiger partial charge in [-0.2, -0.15) is 0 Å². The standard InChI is InChI=1S/C110H72N2OS/c1-6-31-73(32-7-1)85-43-18-25-52-101(85)112(84-61-63-91-89-47-17-24-51-98(89)110(100(91)72-84,81-39-12-4-13-40-81)82-41-14-5-15-42-82)104-64-57-75(68-94(104)78-59-66-108-96(70-78)93-49-22-29-56-107(93)114-108)74-33-30-34-76(67-74)86-44-19-26-53-102(86)111(103-54-27-20-45-87(103)77-58-65-106-95(69-77)92-48-21-28-55-105(92)113-106)83-60-62-90-88-46-16-23-50-97(88)109(99(90)71-83,79-35-8-2-9-36-79)80-37-10-3-11-38-80/h1-72H. The van der Waals surface area contributed by atoms with Crippen LogP contribution < -0.4 is 9.80 Å². The quantitative estimate of drug-likeness (QED) is 0.102. The van der Waals surface area contributed by atoms with Crippen LogP contribution in [0.1, 0.15) is 44.5 Å². The molecular formula is C110H72N2OS. The van der Waals surface area contributed by atoms with Crippen molar-refractivity contribution in [3.05, 3.63) is 481 Å². The number of furan rings is 1. The number of thiophene rings is 1. The van der Waals surface area contributed by atoms with Gasteiger partial charge in [0, 0.05) is 64.6 Å². The fourth-order valence-corrected chi connectivity index (χ4v) is 20.2. The Labute approximate surface area is 667 Å². The summed E-state index contributed by atoms with van der Waals surface area (Å²) < 4.78 is 9.03. The molecule has 2 aromatic heterocycles. The van der Waals surface area contributed by atoms with E-state index >= 15 is 0 Å². The van der Waals surface area contributed by atoms with E-state index in [1.807, 2.05) is 17.4 Å². The minimum Gasteiger partial charge on any atom is -0.456 e. The zero-order valence-electron chi connectivity index (χ0n) is 62.3. The highest BCUT2D eigenvalue weighted by Crippen LogP contribution is 2.61. The van der Waals surface area contributed by atoms with Crippen molar-refractivity contribution in [1.29, 1.82) is 0 Å². The zero-order valence-corrected chi connectivity index (χ0v) is 63.1. The van der Waals surface area contributed by atoms with Crippen LogP contribution in [0.4, 0.5) is 34.1 Å². The van der Waals surface area contributed by atoms with Gasteiger partial charge in [-0.1, -0.05) is 340 Å². The molecule has 0 fully saturated rings. The number of anilines is 6. The summed E-state index contributed by atoms with van der Waals surface area (Å²) in [5.41, 5.74) is 32.6. The monoisotopic (exact) mass is 1470 g/mol. The van der Waals surface area contributed by atoms with Crippen LogP contribution in [0.25, 0.3) is 120 Å². The summed E-state index contributed by atoms with van der Waals surface area (Å²) in [5, 5.41) is 4.67. The molecule has 534 valence electrons. The number of nitrogens with zero attached hydrogens (tertiary/aromatic N) is 2. The first-order chi connectivity index (χ1) is 56.5.